The smallest absolute Gasteiger partial charge is 0.0717 e. The summed E-state index contributed by atoms with van der Waals surface area (Å²) in [5.74, 6) is 0.267. The summed E-state index contributed by atoms with van der Waals surface area (Å²) < 4.78 is 0. The molecule has 1 aromatic heterocycles. The van der Waals surface area contributed by atoms with E-state index in [2.05, 4.69) is 16.8 Å². The third-order valence-corrected chi connectivity index (χ3v) is 3.47. The minimum atomic E-state index is -0.202. The highest BCUT2D eigenvalue weighted by Crippen LogP contribution is 2.26. The van der Waals surface area contributed by atoms with Gasteiger partial charge in [-0.1, -0.05) is 6.92 Å². The molecule has 2 rings (SSSR count). The first kappa shape index (κ1) is 12.3. The molecule has 0 amide bonds. The molecule has 4 nitrogen and oxygen atoms in total. The molecule has 2 N–H and O–H groups in total. The van der Waals surface area contributed by atoms with Crippen molar-refractivity contribution in [3.8, 4) is 0 Å². The van der Waals surface area contributed by atoms with Crippen molar-refractivity contribution in [3.63, 3.8) is 0 Å². The molecule has 0 radical (unpaired) electrons. The highest BCUT2D eigenvalue weighted by Gasteiger charge is 2.25. The Bertz CT molecular complexity index is 395. The normalized spacial score (nSPS) is 25.1. The SMILES string of the molecule is Cc1cc(N2CCC(O)C(C)C2)c(CO)cn1. The molecule has 0 aromatic carbocycles. The number of rotatable bonds is 2. The fourth-order valence-corrected chi connectivity index (χ4v) is 2.34. The van der Waals surface area contributed by atoms with E-state index in [1.807, 2.05) is 13.0 Å². The molecular weight excluding hydrogens is 216 g/mol. The van der Waals surface area contributed by atoms with Crippen molar-refractivity contribution >= 4 is 5.69 Å². The van der Waals surface area contributed by atoms with Gasteiger partial charge >= 0.3 is 0 Å². The zero-order valence-electron chi connectivity index (χ0n) is 10.4. The largest absolute Gasteiger partial charge is 0.393 e. The summed E-state index contributed by atoms with van der Waals surface area (Å²) in [6, 6.07) is 2.01. The second-order valence-corrected chi connectivity index (χ2v) is 4.89. The molecule has 1 aromatic rings. The molecule has 94 valence electrons. The van der Waals surface area contributed by atoms with E-state index < -0.39 is 0 Å². The number of aromatic nitrogens is 1. The third-order valence-electron chi connectivity index (χ3n) is 3.47. The van der Waals surface area contributed by atoms with Crippen LogP contribution in [0.4, 0.5) is 5.69 Å². The van der Waals surface area contributed by atoms with Crippen molar-refractivity contribution in [1.29, 1.82) is 0 Å². The van der Waals surface area contributed by atoms with Crippen molar-refractivity contribution in [1.82, 2.24) is 4.98 Å². The van der Waals surface area contributed by atoms with Gasteiger partial charge in [-0.3, -0.25) is 4.98 Å². The standard InChI is InChI=1S/C13H20N2O2/c1-9-7-15(4-3-13(9)17)12-5-10(2)14-6-11(12)8-16/h5-6,9,13,16-17H,3-4,7-8H2,1-2H3. The maximum absolute atomic E-state index is 9.74. The average molecular weight is 236 g/mol. The first-order valence-electron chi connectivity index (χ1n) is 6.11. The van der Waals surface area contributed by atoms with Gasteiger partial charge in [0.2, 0.25) is 0 Å². The summed E-state index contributed by atoms with van der Waals surface area (Å²) in [5.41, 5.74) is 2.87. The van der Waals surface area contributed by atoms with E-state index in [0.29, 0.717) is 0 Å². The average Bonchev–Trinajstić information content (AvgIpc) is 2.32. The highest BCUT2D eigenvalue weighted by molar-refractivity contribution is 5.53. The quantitative estimate of drug-likeness (QED) is 0.807. The highest BCUT2D eigenvalue weighted by atomic mass is 16.3. The first-order chi connectivity index (χ1) is 8.11. The van der Waals surface area contributed by atoms with Gasteiger partial charge in [-0.25, -0.2) is 0 Å². The summed E-state index contributed by atoms with van der Waals surface area (Å²) in [6.45, 7) is 5.69. The number of pyridine rings is 1. The van der Waals surface area contributed by atoms with E-state index in [1.165, 1.54) is 0 Å². The minimum absolute atomic E-state index is 0.00997. The van der Waals surface area contributed by atoms with Crippen LogP contribution >= 0.6 is 0 Å². The van der Waals surface area contributed by atoms with Crippen LogP contribution in [0.15, 0.2) is 12.3 Å². The van der Waals surface area contributed by atoms with Crippen LogP contribution < -0.4 is 4.90 Å². The fourth-order valence-electron chi connectivity index (χ4n) is 2.34. The van der Waals surface area contributed by atoms with Crippen molar-refractivity contribution in [2.75, 3.05) is 18.0 Å². The molecule has 0 aliphatic carbocycles. The lowest BCUT2D eigenvalue weighted by atomic mass is 9.96. The van der Waals surface area contributed by atoms with E-state index in [-0.39, 0.29) is 18.6 Å². The Kier molecular flexibility index (Phi) is 3.64. The molecule has 0 bridgehead atoms. The number of aryl methyl sites for hydroxylation is 1. The lowest BCUT2D eigenvalue weighted by molar-refractivity contribution is 0.0970. The molecule has 1 saturated heterocycles. The van der Waals surface area contributed by atoms with Crippen LogP contribution in [0.5, 0.6) is 0 Å². The molecule has 1 aliphatic rings. The van der Waals surface area contributed by atoms with Crippen LogP contribution in [0.2, 0.25) is 0 Å². The Morgan fingerprint density at radius 3 is 2.94 bits per heavy atom. The summed E-state index contributed by atoms with van der Waals surface area (Å²) >= 11 is 0. The number of hydrogen-bond donors (Lipinski definition) is 2. The minimum Gasteiger partial charge on any atom is -0.393 e. The Hall–Kier alpha value is -1.13. The van der Waals surface area contributed by atoms with Crippen LogP contribution in [-0.2, 0) is 6.61 Å². The first-order valence-corrected chi connectivity index (χ1v) is 6.11. The summed E-state index contributed by atoms with van der Waals surface area (Å²) in [5, 5.41) is 19.1. The monoisotopic (exact) mass is 236 g/mol. The van der Waals surface area contributed by atoms with Gasteiger partial charge in [-0.2, -0.15) is 0 Å². The number of nitrogens with zero attached hydrogens (tertiary/aromatic N) is 2. The Morgan fingerprint density at radius 1 is 1.53 bits per heavy atom. The number of aliphatic hydroxyl groups excluding tert-OH is 2. The Balaban J connectivity index is 2.24. The van der Waals surface area contributed by atoms with Gasteiger partial charge in [0.1, 0.15) is 0 Å². The summed E-state index contributed by atoms with van der Waals surface area (Å²) in [7, 11) is 0. The molecule has 0 spiro atoms. The predicted octanol–water partition coefficient (Wildman–Crippen LogP) is 1.09. The van der Waals surface area contributed by atoms with E-state index in [0.717, 1.165) is 36.5 Å². The van der Waals surface area contributed by atoms with Gasteiger partial charge in [0.15, 0.2) is 0 Å². The molecule has 1 fully saturated rings. The van der Waals surface area contributed by atoms with Gasteiger partial charge < -0.3 is 15.1 Å². The van der Waals surface area contributed by atoms with Crippen molar-refractivity contribution in [3.05, 3.63) is 23.5 Å². The van der Waals surface area contributed by atoms with Gasteiger partial charge in [0, 0.05) is 36.2 Å². The van der Waals surface area contributed by atoms with Crippen LogP contribution in [0, 0.1) is 12.8 Å². The summed E-state index contributed by atoms with van der Waals surface area (Å²) in [6.07, 6.45) is 2.32. The van der Waals surface area contributed by atoms with Crippen LogP contribution in [0.3, 0.4) is 0 Å². The molecule has 2 unspecified atom stereocenters. The topological polar surface area (TPSA) is 56.6 Å². The van der Waals surface area contributed by atoms with Gasteiger partial charge in [-0.05, 0) is 25.3 Å². The second-order valence-electron chi connectivity index (χ2n) is 4.89. The zero-order valence-corrected chi connectivity index (χ0v) is 10.4. The zero-order chi connectivity index (χ0) is 12.4. The number of piperidine rings is 1. The van der Waals surface area contributed by atoms with Crippen molar-refractivity contribution in [2.24, 2.45) is 5.92 Å². The third kappa shape index (κ3) is 2.58. The Morgan fingerprint density at radius 2 is 2.29 bits per heavy atom. The van der Waals surface area contributed by atoms with Crippen LogP contribution in [-0.4, -0.2) is 34.4 Å². The number of hydrogen-bond acceptors (Lipinski definition) is 4. The number of aliphatic hydroxyl groups is 2. The van der Waals surface area contributed by atoms with E-state index in [9.17, 15) is 10.2 Å². The van der Waals surface area contributed by atoms with Gasteiger partial charge in [-0.15, -0.1) is 0 Å². The van der Waals surface area contributed by atoms with Crippen molar-refractivity contribution < 1.29 is 10.2 Å². The van der Waals surface area contributed by atoms with E-state index in [4.69, 9.17) is 0 Å². The molecule has 1 aliphatic heterocycles. The lowest BCUT2D eigenvalue weighted by Crippen LogP contribution is -2.42. The predicted molar refractivity (Wildman–Crippen MR) is 66.9 cm³/mol. The fraction of sp³-hybridized carbons (Fsp3) is 0.615. The van der Waals surface area contributed by atoms with E-state index in [1.54, 1.807) is 6.20 Å². The molecular formula is C13H20N2O2. The maximum Gasteiger partial charge on any atom is 0.0717 e. The van der Waals surface area contributed by atoms with E-state index >= 15 is 0 Å². The van der Waals surface area contributed by atoms with Crippen LogP contribution in [0.25, 0.3) is 0 Å². The second kappa shape index (κ2) is 5.02. The summed E-state index contributed by atoms with van der Waals surface area (Å²) in [4.78, 5) is 6.44. The van der Waals surface area contributed by atoms with Gasteiger partial charge in [0.25, 0.3) is 0 Å². The molecule has 0 saturated carbocycles. The molecule has 2 atom stereocenters. The lowest BCUT2D eigenvalue weighted by Gasteiger charge is -2.36. The molecule has 17 heavy (non-hydrogen) atoms. The molecule has 2 heterocycles. The molecule has 4 heteroatoms. The van der Waals surface area contributed by atoms with Crippen molar-refractivity contribution in [2.45, 2.75) is 33.0 Å². The Labute approximate surface area is 102 Å². The number of anilines is 1. The van der Waals surface area contributed by atoms with Crippen LogP contribution in [0.1, 0.15) is 24.6 Å². The van der Waals surface area contributed by atoms with Gasteiger partial charge in [0.05, 0.1) is 12.7 Å². The maximum atomic E-state index is 9.74.